The molecule has 0 aliphatic rings. The second kappa shape index (κ2) is 5.17. The minimum absolute atomic E-state index is 0.401. The SMILES string of the molecule is CP(=O)(Oc1ccccc1[N+](=O)[O-])OP(=O)(O)O. The lowest BCUT2D eigenvalue weighted by Crippen LogP contribution is -1.98. The van der Waals surface area contributed by atoms with Gasteiger partial charge in [0, 0.05) is 6.07 Å². The first-order chi connectivity index (χ1) is 8.11. The molecule has 0 spiro atoms. The van der Waals surface area contributed by atoms with E-state index < -0.39 is 31.8 Å². The summed E-state index contributed by atoms with van der Waals surface area (Å²) in [5, 5.41) is 10.6. The van der Waals surface area contributed by atoms with Crippen molar-refractivity contribution in [1.82, 2.24) is 0 Å². The topological polar surface area (TPSA) is 136 Å². The Hall–Kier alpha value is -1.24. The molecule has 0 saturated carbocycles. The fourth-order valence-corrected chi connectivity index (χ4v) is 3.26. The molecule has 1 aromatic rings. The van der Waals surface area contributed by atoms with Gasteiger partial charge < -0.3 is 14.3 Å². The van der Waals surface area contributed by atoms with Crippen LogP contribution in [0.4, 0.5) is 5.69 Å². The van der Waals surface area contributed by atoms with Crippen molar-refractivity contribution in [2.75, 3.05) is 6.66 Å². The number of hydrogen-bond acceptors (Lipinski definition) is 6. The molecule has 1 atom stereocenters. The van der Waals surface area contributed by atoms with E-state index >= 15 is 0 Å². The van der Waals surface area contributed by atoms with Gasteiger partial charge in [-0.25, -0.2) is 9.13 Å². The predicted molar refractivity (Wildman–Crippen MR) is 60.4 cm³/mol. The van der Waals surface area contributed by atoms with Crippen LogP contribution in [0.2, 0.25) is 0 Å². The van der Waals surface area contributed by atoms with Crippen LogP contribution < -0.4 is 4.52 Å². The Morgan fingerprint density at radius 1 is 1.28 bits per heavy atom. The fourth-order valence-electron chi connectivity index (χ4n) is 1.07. The van der Waals surface area contributed by atoms with Crippen molar-refractivity contribution >= 4 is 21.1 Å². The van der Waals surface area contributed by atoms with E-state index in [0.717, 1.165) is 18.8 Å². The van der Waals surface area contributed by atoms with E-state index in [0.29, 0.717) is 0 Å². The average Bonchev–Trinajstić information content (AvgIpc) is 2.13. The van der Waals surface area contributed by atoms with Crippen molar-refractivity contribution < 1.29 is 32.7 Å². The maximum Gasteiger partial charge on any atom is 0.477 e. The van der Waals surface area contributed by atoms with Gasteiger partial charge in [-0.15, -0.1) is 0 Å². The Bertz CT molecular complexity index is 552. The van der Waals surface area contributed by atoms with E-state index in [4.69, 9.17) is 9.79 Å². The van der Waals surface area contributed by atoms with Gasteiger partial charge in [0.1, 0.15) is 0 Å². The van der Waals surface area contributed by atoms with Crippen molar-refractivity contribution in [3.05, 3.63) is 34.4 Å². The van der Waals surface area contributed by atoms with Gasteiger partial charge >= 0.3 is 21.1 Å². The lowest BCUT2D eigenvalue weighted by atomic mass is 10.3. The summed E-state index contributed by atoms with van der Waals surface area (Å²) < 4.78 is 30.8. The molecule has 0 saturated heterocycles. The Balaban J connectivity index is 3.01. The first-order valence-corrected chi connectivity index (χ1v) is 7.90. The molecule has 0 amide bonds. The molecule has 9 nitrogen and oxygen atoms in total. The largest absolute Gasteiger partial charge is 0.477 e. The highest BCUT2D eigenvalue weighted by Crippen LogP contribution is 2.58. The van der Waals surface area contributed by atoms with E-state index in [9.17, 15) is 19.2 Å². The lowest BCUT2D eigenvalue weighted by molar-refractivity contribution is -0.385. The van der Waals surface area contributed by atoms with Crippen molar-refractivity contribution in [3.8, 4) is 5.75 Å². The monoisotopic (exact) mass is 297 g/mol. The van der Waals surface area contributed by atoms with Crippen molar-refractivity contribution in [2.24, 2.45) is 0 Å². The summed E-state index contributed by atoms with van der Waals surface area (Å²) in [6.07, 6.45) is 0. The molecular weight excluding hydrogens is 288 g/mol. The molecule has 0 bridgehead atoms. The summed E-state index contributed by atoms with van der Waals surface area (Å²) in [5.74, 6) is -0.401. The summed E-state index contributed by atoms with van der Waals surface area (Å²) in [4.78, 5) is 26.9. The second-order valence-corrected chi connectivity index (χ2v) is 6.52. The molecule has 0 aliphatic heterocycles. The molecule has 1 rings (SSSR count). The highest BCUT2D eigenvalue weighted by atomic mass is 31.3. The molecular formula is C7H9NO8P2. The fraction of sp³-hybridized carbons (Fsp3) is 0.143. The van der Waals surface area contributed by atoms with Crippen LogP contribution in [0.25, 0.3) is 0 Å². The van der Waals surface area contributed by atoms with Crippen LogP contribution >= 0.6 is 15.4 Å². The summed E-state index contributed by atoms with van der Waals surface area (Å²) in [6, 6.07) is 4.96. The molecule has 100 valence electrons. The predicted octanol–water partition coefficient (Wildman–Crippen LogP) is 1.91. The number of rotatable bonds is 5. The van der Waals surface area contributed by atoms with E-state index in [1.54, 1.807) is 0 Å². The standard InChI is InChI=1S/C7H9NO8P2/c1-17(11,16-18(12,13)14)15-7-5-3-2-4-6(7)8(9)10/h2-5H,1H3,(H2,12,13,14). The maximum absolute atomic E-state index is 11.6. The van der Waals surface area contributed by atoms with Gasteiger partial charge in [0.05, 0.1) is 11.6 Å². The zero-order chi connectivity index (χ0) is 14.0. The molecule has 1 unspecified atom stereocenters. The van der Waals surface area contributed by atoms with Crippen LogP contribution in [0.1, 0.15) is 0 Å². The Morgan fingerprint density at radius 2 is 1.83 bits per heavy atom. The Kier molecular flexibility index (Phi) is 4.26. The number of nitrogens with zero attached hydrogens (tertiary/aromatic N) is 1. The smallest absolute Gasteiger partial charge is 0.417 e. The number of nitro benzene ring substituents is 1. The van der Waals surface area contributed by atoms with Gasteiger partial charge in [0.15, 0.2) is 0 Å². The highest BCUT2D eigenvalue weighted by Gasteiger charge is 2.32. The van der Waals surface area contributed by atoms with Crippen molar-refractivity contribution in [3.63, 3.8) is 0 Å². The maximum atomic E-state index is 11.6. The Morgan fingerprint density at radius 3 is 2.33 bits per heavy atom. The third kappa shape index (κ3) is 4.56. The number of para-hydroxylation sites is 2. The molecule has 18 heavy (non-hydrogen) atoms. The van der Waals surface area contributed by atoms with Gasteiger partial charge in [-0.3, -0.25) is 10.1 Å². The van der Waals surface area contributed by atoms with Crippen LogP contribution in [0.3, 0.4) is 0 Å². The minimum atomic E-state index is -5.02. The molecule has 0 fully saturated rings. The van der Waals surface area contributed by atoms with Gasteiger partial charge in [0.25, 0.3) is 0 Å². The molecule has 2 N–H and O–H groups in total. The van der Waals surface area contributed by atoms with E-state index in [1.807, 2.05) is 0 Å². The van der Waals surface area contributed by atoms with Crippen LogP contribution in [0.15, 0.2) is 24.3 Å². The molecule has 11 heteroatoms. The number of phosphoric acid groups is 1. The highest BCUT2D eigenvalue weighted by molar-refractivity contribution is 7.63. The molecule has 0 aliphatic carbocycles. The van der Waals surface area contributed by atoms with Gasteiger partial charge in [-0.2, -0.15) is 4.31 Å². The van der Waals surface area contributed by atoms with Crippen LogP contribution in [0, 0.1) is 10.1 Å². The second-order valence-electron chi connectivity index (χ2n) is 3.16. The first-order valence-electron chi connectivity index (χ1n) is 4.38. The minimum Gasteiger partial charge on any atom is -0.417 e. The first kappa shape index (κ1) is 14.8. The number of nitro groups is 1. The van der Waals surface area contributed by atoms with Crippen LogP contribution in [-0.2, 0) is 13.4 Å². The molecule has 0 aromatic heterocycles. The normalized spacial score (nSPS) is 14.8. The Labute approximate surface area is 101 Å². The lowest BCUT2D eigenvalue weighted by Gasteiger charge is -2.15. The number of benzene rings is 1. The summed E-state index contributed by atoms with van der Waals surface area (Å²) in [5.41, 5.74) is -0.492. The van der Waals surface area contributed by atoms with Crippen molar-refractivity contribution in [2.45, 2.75) is 0 Å². The zero-order valence-electron chi connectivity index (χ0n) is 8.99. The molecule has 1 aromatic carbocycles. The van der Waals surface area contributed by atoms with Crippen molar-refractivity contribution in [1.29, 1.82) is 0 Å². The van der Waals surface area contributed by atoms with Gasteiger partial charge in [0.2, 0.25) is 5.75 Å². The van der Waals surface area contributed by atoms with Crippen LogP contribution in [-0.4, -0.2) is 21.4 Å². The van der Waals surface area contributed by atoms with Gasteiger partial charge in [-0.05, 0) is 6.07 Å². The van der Waals surface area contributed by atoms with E-state index in [-0.39, 0.29) is 0 Å². The summed E-state index contributed by atoms with van der Waals surface area (Å²) >= 11 is 0. The molecule has 0 heterocycles. The number of hydrogen-bond donors (Lipinski definition) is 2. The summed E-state index contributed by atoms with van der Waals surface area (Å²) in [6.45, 7) is 0.794. The zero-order valence-corrected chi connectivity index (χ0v) is 10.8. The van der Waals surface area contributed by atoms with Crippen LogP contribution in [0.5, 0.6) is 5.75 Å². The van der Waals surface area contributed by atoms with E-state index in [1.165, 1.54) is 12.1 Å². The average molecular weight is 297 g/mol. The third-order valence-electron chi connectivity index (χ3n) is 1.58. The third-order valence-corrected chi connectivity index (χ3v) is 4.15. The quantitative estimate of drug-likeness (QED) is 0.477. The molecule has 0 radical (unpaired) electrons. The summed E-state index contributed by atoms with van der Waals surface area (Å²) in [7, 11) is -9.19. The van der Waals surface area contributed by atoms with Gasteiger partial charge in [-0.1, -0.05) is 12.1 Å². The van der Waals surface area contributed by atoms with E-state index in [2.05, 4.69) is 8.83 Å².